The van der Waals surface area contributed by atoms with E-state index in [1.165, 1.54) is 12.1 Å². The summed E-state index contributed by atoms with van der Waals surface area (Å²) in [7, 11) is -4.67. The molecule has 0 spiro atoms. The summed E-state index contributed by atoms with van der Waals surface area (Å²) < 4.78 is 27.9. The van der Waals surface area contributed by atoms with Crippen molar-refractivity contribution in [3.8, 4) is 5.75 Å². The van der Waals surface area contributed by atoms with Crippen molar-refractivity contribution < 1.29 is 47.0 Å². The second-order valence-corrected chi connectivity index (χ2v) is 2.74. The second-order valence-electron chi connectivity index (χ2n) is 1.79. The Labute approximate surface area is 98.2 Å². The zero-order valence-corrected chi connectivity index (χ0v) is 9.79. The molecule has 7 heteroatoms. The molecule has 0 aliphatic carbocycles. The third-order valence-electron chi connectivity index (χ3n) is 0.743. The molecule has 4 nitrogen and oxygen atoms in total. The number of para-hydroxylation sites is 1. The molecule has 0 heterocycles. The largest absolute Gasteiger partial charge is 1.00 e. The van der Waals surface area contributed by atoms with Crippen molar-refractivity contribution in [2.45, 2.75) is 0 Å². The van der Waals surface area contributed by atoms with E-state index in [-0.39, 0.29) is 35.3 Å². The van der Waals surface area contributed by atoms with E-state index in [0.717, 1.165) is 0 Å². The predicted molar refractivity (Wildman–Crippen MR) is 40.1 cm³/mol. The molecule has 0 radical (unpaired) electrons. The van der Waals surface area contributed by atoms with Crippen LogP contribution in [0.1, 0.15) is 0 Å². The van der Waals surface area contributed by atoms with Crippen LogP contribution in [0.5, 0.6) is 5.75 Å². The van der Waals surface area contributed by atoms with Gasteiger partial charge in [-0.25, -0.2) is 5.14 Å². The Kier molecular flexibility index (Phi) is 8.59. The van der Waals surface area contributed by atoms with E-state index in [2.05, 4.69) is 5.14 Å². The number of rotatable bonds is 0. The zero-order valence-electron chi connectivity index (χ0n) is 6.98. The molecular formula is C6H7FNNaO3S. The average molecular weight is 215 g/mol. The number of benzene rings is 1. The maximum Gasteiger partial charge on any atom is 1.00 e. The molecule has 13 heavy (non-hydrogen) atoms. The van der Waals surface area contributed by atoms with Crippen LogP contribution >= 0.6 is 0 Å². The first-order valence-electron chi connectivity index (χ1n) is 2.84. The van der Waals surface area contributed by atoms with Gasteiger partial charge in [0, 0.05) is 0 Å². The van der Waals surface area contributed by atoms with Gasteiger partial charge < -0.3 is 5.11 Å². The molecule has 0 aliphatic rings. The van der Waals surface area contributed by atoms with Crippen LogP contribution in [0.15, 0.2) is 30.3 Å². The average Bonchev–Trinajstić information content (AvgIpc) is 1.85. The molecule has 0 bridgehead atoms. The first kappa shape index (κ1) is 15.3. The van der Waals surface area contributed by atoms with Gasteiger partial charge >= 0.3 is 40.0 Å². The number of nitrogens with two attached hydrogens (primary N) is 1. The van der Waals surface area contributed by atoms with Crippen LogP contribution in [-0.2, 0) is 10.4 Å². The van der Waals surface area contributed by atoms with Crippen molar-refractivity contribution in [3.05, 3.63) is 30.3 Å². The van der Waals surface area contributed by atoms with Crippen LogP contribution in [0.25, 0.3) is 0 Å². The van der Waals surface area contributed by atoms with Crippen LogP contribution < -0.4 is 39.8 Å². The van der Waals surface area contributed by atoms with Crippen LogP contribution in [0.2, 0.25) is 0 Å². The molecule has 1 aromatic rings. The SMILES string of the molecule is NS(=O)(=O)F.[Na+].[O-]c1ccccc1. The van der Waals surface area contributed by atoms with Gasteiger partial charge in [0.25, 0.3) is 0 Å². The van der Waals surface area contributed by atoms with E-state index in [4.69, 9.17) is 8.42 Å². The van der Waals surface area contributed by atoms with E-state index in [9.17, 15) is 8.99 Å². The molecule has 2 N–H and O–H groups in total. The van der Waals surface area contributed by atoms with Gasteiger partial charge in [0.15, 0.2) is 0 Å². The standard InChI is InChI=1S/C6H6O.FH2NO2S.Na/c7-6-4-2-1-3-5-6;1-5(2,3)4;/h1-5,7H;(H2,2,3,4);/q;;+1/p-1. The fourth-order valence-corrected chi connectivity index (χ4v) is 0.420. The topological polar surface area (TPSA) is 83.2 Å². The summed E-state index contributed by atoms with van der Waals surface area (Å²) in [4.78, 5) is 0. The summed E-state index contributed by atoms with van der Waals surface area (Å²) in [6.45, 7) is 0. The first-order valence-corrected chi connectivity index (χ1v) is 4.28. The second kappa shape index (κ2) is 7.28. The van der Waals surface area contributed by atoms with Gasteiger partial charge in [0.2, 0.25) is 0 Å². The van der Waals surface area contributed by atoms with Crippen LogP contribution in [-0.4, -0.2) is 8.42 Å². The van der Waals surface area contributed by atoms with E-state index in [0.29, 0.717) is 0 Å². The van der Waals surface area contributed by atoms with Crippen molar-refractivity contribution in [2.75, 3.05) is 0 Å². The molecule has 0 unspecified atom stereocenters. The quantitative estimate of drug-likeness (QED) is 0.368. The summed E-state index contributed by atoms with van der Waals surface area (Å²) in [6, 6.07) is 8.33. The maximum atomic E-state index is 10.4. The Balaban J connectivity index is 0. The maximum absolute atomic E-state index is 10.4. The van der Waals surface area contributed by atoms with Crippen molar-refractivity contribution in [3.63, 3.8) is 0 Å². The molecular weight excluding hydrogens is 208 g/mol. The molecule has 0 saturated carbocycles. The normalized spacial score (nSPS) is 9.08. The number of halogens is 1. The minimum Gasteiger partial charge on any atom is -0.872 e. The number of hydrogen-bond acceptors (Lipinski definition) is 3. The van der Waals surface area contributed by atoms with Crippen LogP contribution in [0.4, 0.5) is 3.89 Å². The molecule has 0 amide bonds. The molecule has 0 aliphatic heterocycles. The van der Waals surface area contributed by atoms with Gasteiger partial charge in [0.1, 0.15) is 0 Å². The molecule has 1 rings (SSSR count). The Morgan fingerprint density at radius 3 is 1.69 bits per heavy atom. The Morgan fingerprint density at radius 2 is 1.54 bits per heavy atom. The molecule has 0 saturated heterocycles. The molecule has 68 valence electrons. The van der Waals surface area contributed by atoms with Crippen molar-refractivity contribution in [2.24, 2.45) is 5.14 Å². The molecule has 0 fully saturated rings. The van der Waals surface area contributed by atoms with Gasteiger partial charge in [-0.1, -0.05) is 34.2 Å². The monoisotopic (exact) mass is 215 g/mol. The minimum absolute atomic E-state index is 0. The third-order valence-corrected chi connectivity index (χ3v) is 0.743. The fourth-order valence-electron chi connectivity index (χ4n) is 0.420. The molecule has 0 aromatic heterocycles. The van der Waals surface area contributed by atoms with E-state index < -0.39 is 10.4 Å². The fraction of sp³-hybridized carbons (Fsp3) is 0. The van der Waals surface area contributed by atoms with Gasteiger partial charge in [-0.3, -0.25) is 0 Å². The van der Waals surface area contributed by atoms with Crippen molar-refractivity contribution >= 4 is 10.4 Å². The zero-order chi connectivity index (χ0) is 9.61. The van der Waals surface area contributed by atoms with E-state index in [1.54, 1.807) is 12.1 Å². The summed E-state index contributed by atoms with van der Waals surface area (Å²) >= 11 is 0. The van der Waals surface area contributed by atoms with Gasteiger partial charge in [-0.15, -0.1) is 5.75 Å². The van der Waals surface area contributed by atoms with E-state index >= 15 is 0 Å². The van der Waals surface area contributed by atoms with Gasteiger partial charge in [-0.2, -0.15) is 8.42 Å². The van der Waals surface area contributed by atoms with Crippen molar-refractivity contribution in [1.29, 1.82) is 0 Å². The summed E-state index contributed by atoms with van der Waals surface area (Å²) in [5, 5.41) is 13.9. The smallest absolute Gasteiger partial charge is 0.872 e. The molecule has 1 aromatic carbocycles. The Hall–Kier alpha value is -0.140. The van der Waals surface area contributed by atoms with Gasteiger partial charge in [0.05, 0.1) is 0 Å². The number of hydrogen-bond donors (Lipinski definition) is 1. The van der Waals surface area contributed by atoms with Gasteiger partial charge in [-0.05, 0) is 0 Å². The molecule has 0 atom stereocenters. The first-order chi connectivity index (χ1) is 5.39. The minimum atomic E-state index is -4.67. The van der Waals surface area contributed by atoms with E-state index in [1.807, 2.05) is 6.07 Å². The van der Waals surface area contributed by atoms with Crippen LogP contribution in [0, 0.1) is 0 Å². The predicted octanol–water partition coefficient (Wildman–Crippen LogP) is -3.08. The van der Waals surface area contributed by atoms with Crippen LogP contribution in [0.3, 0.4) is 0 Å². The summed E-state index contributed by atoms with van der Waals surface area (Å²) in [5.41, 5.74) is 0. The van der Waals surface area contributed by atoms with Crippen molar-refractivity contribution in [1.82, 2.24) is 0 Å². The third kappa shape index (κ3) is 18.7. The Morgan fingerprint density at radius 1 is 1.23 bits per heavy atom. The Bertz CT molecular complexity index is 308. The summed E-state index contributed by atoms with van der Waals surface area (Å²) in [6.07, 6.45) is 0. The summed E-state index contributed by atoms with van der Waals surface area (Å²) in [5.74, 6) is 0.0718.